The number of fused-ring (bicyclic) bond motifs is 12. The van der Waals surface area contributed by atoms with Crippen molar-refractivity contribution in [2.45, 2.75) is 22.1 Å². The molecule has 0 atom stereocenters. The van der Waals surface area contributed by atoms with Crippen LogP contribution in [0.4, 0.5) is 45.5 Å². The van der Waals surface area contributed by atoms with Gasteiger partial charge in [-0.3, -0.25) is 0 Å². The molecule has 1 heterocycles. The fourth-order valence-electron chi connectivity index (χ4n) is 10.2. The van der Waals surface area contributed by atoms with Gasteiger partial charge >= 0.3 is 0 Å². The molecule has 9 aromatic carbocycles. The molecule has 61 heavy (non-hydrogen) atoms. The number of rotatable bonds is 6. The van der Waals surface area contributed by atoms with E-state index in [1.807, 2.05) is 11.8 Å². The Hall–Kier alpha value is -7.27. The first-order valence-corrected chi connectivity index (χ1v) is 21.8. The first-order chi connectivity index (χ1) is 30.1. The van der Waals surface area contributed by atoms with Crippen LogP contribution in [-0.2, 0) is 5.41 Å². The van der Waals surface area contributed by atoms with Crippen LogP contribution in [0.3, 0.4) is 0 Å². The largest absolute Gasteiger partial charge is 0.345 e. The number of hydrogen-bond acceptors (Lipinski definition) is 4. The van der Waals surface area contributed by atoms with Crippen LogP contribution in [0, 0.1) is 6.92 Å². The second kappa shape index (κ2) is 13.9. The Balaban J connectivity index is 1.04. The summed E-state index contributed by atoms with van der Waals surface area (Å²) in [5, 5.41) is 0. The molecule has 9 aromatic rings. The molecule has 3 nitrogen and oxygen atoms in total. The van der Waals surface area contributed by atoms with E-state index in [1.165, 1.54) is 71.2 Å². The molecule has 0 saturated carbocycles. The Morgan fingerprint density at radius 2 is 0.869 bits per heavy atom. The summed E-state index contributed by atoms with van der Waals surface area (Å²) in [6.45, 7) is 2.22. The minimum absolute atomic E-state index is 0.432. The molecule has 0 fully saturated rings. The van der Waals surface area contributed by atoms with Gasteiger partial charge in [-0.25, -0.2) is 0 Å². The molecule has 4 heteroatoms. The third-order valence-corrected chi connectivity index (χ3v) is 14.0. The van der Waals surface area contributed by atoms with Crippen molar-refractivity contribution in [3.63, 3.8) is 0 Å². The predicted molar refractivity (Wildman–Crippen MR) is 255 cm³/mol. The number of anilines is 8. The second-order valence-electron chi connectivity index (χ2n) is 16.3. The maximum atomic E-state index is 2.49. The van der Waals surface area contributed by atoms with Gasteiger partial charge in [0.25, 0.3) is 0 Å². The number of aryl methyl sites for hydroxylation is 1. The fourth-order valence-corrected chi connectivity index (χ4v) is 11.3. The van der Waals surface area contributed by atoms with Gasteiger partial charge in [0.2, 0.25) is 0 Å². The van der Waals surface area contributed by atoms with E-state index in [-0.39, 0.29) is 0 Å². The van der Waals surface area contributed by atoms with Gasteiger partial charge in [-0.2, -0.15) is 0 Å². The fraction of sp³-hybridized carbons (Fsp3) is 0.0526. The molecule has 0 amide bonds. The monoisotopic (exact) mass is 799 g/mol. The standard InChI is InChI=1S/C57H41N3S/c1-38-26-30-47-48-31-27-43(35-52(48)57(51(47)34-38)49-24-14-12-22-45(49)46-23-13-15-25-50(46)57)59(40-18-8-4-9-19-40)44-29-33-54-56(37-44)61-55-36-42(58(2)39-16-6-3-7-17-39)28-32-53(55)60(54)41-20-10-5-11-21-41/h3-37H,1-2H3. The van der Waals surface area contributed by atoms with Gasteiger partial charge in [0.05, 0.1) is 16.8 Å². The van der Waals surface area contributed by atoms with Gasteiger partial charge in [0.15, 0.2) is 0 Å². The summed E-state index contributed by atoms with van der Waals surface area (Å²) in [5.41, 5.74) is 20.6. The van der Waals surface area contributed by atoms with Gasteiger partial charge in [0.1, 0.15) is 0 Å². The van der Waals surface area contributed by atoms with Crippen LogP contribution in [0.1, 0.15) is 27.8 Å². The lowest BCUT2D eigenvalue weighted by Gasteiger charge is -2.35. The highest BCUT2D eigenvalue weighted by molar-refractivity contribution is 7.99. The molecule has 2 aliphatic carbocycles. The second-order valence-corrected chi connectivity index (χ2v) is 17.3. The van der Waals surface area contributed by atoms with Crippen molar-refractivity contribution < 1.29 is 0 Å². The zero-order valence-corrected chi connectivity index (χ0v) is 34.8. The van der Waals surface area contributed by atoms with Crippen LogP contribution in [0.2, 0.25) is 0 Å². The maximum Gasteiger partial charge on any atom is 0.0726 e. The van der Waals surface area contributed by atoms with Crippen molar-refractivity contribution in [1.82, 2.24) is 0 Å². The van der Waals surface area contributed by atoms with E-state index in [4.69, 9.17) is 0 Å². The summed E-state index contributed by atoms with van der Waals surface area (Å²) in [5.74, 6) is 0. The Morgan fingerprint density at radius 1 is 0.393 bits per heavy atom. The topological polar surface area (TPSA) is 9.72 Å². The van der Waals surface area contributed by atoms with Crippen LogP contribution in [-0.4, -0.2) is 7.05 Å². The molecule has 3 aliphatic rings. The Kier molecular flexibility index (Phi) is 8.13. The molecule has 0 aromatic heterocycles. The van der Waals surface area contributed by atoms with E-state index in [9.17, 15) is 0 Å². The normalized spacial score (nSPS) is 13.4. The lowest BCUT2D eigenvalue weighted by atomic mass is 9.70. The zero-order valence-electron chi connectivity index (χ0n) is 34.0. The number of benzene rings is 9. The van der Waals surface area contributed by atoms with Crippen molar-refractivity contribution in [3.05, 3.63) is 240 Å². The SMILES string of the molecule is Cc1ccc2c(c1)C1(c3ccccc3-c3ccccc31)c1cc(N(c3ccccc3)c3ccc4c(c3)Sc3cc(N(C)c5ccccc5)ccc3N4c3ccccc3)ccc1-2. The van der Waals surface area contributed by atoms with E-state index in [0.29, 0.717) is 0 Å². The smallest absolute Gasteiger partial charge is 0.0726 e. The summed E-state index contributed by atoms with van der Waals surface area (Å²) in [4.78, 5) is 9.53. The molecule has 0 unspecified atom stereocenters. The first-order valence-electron chi connectivity index (χ1n) is 21.0. The molecular formula is C57H41N3S. The Labute approximate surface area is 361 Å². The molecule has 0 radical (unpaired) electrons. The molecule has 0 saturated heterocycles. The minimum Gasteiger partial charge on any atom is -0.345 e. The summed E-state index contributed by atoms with van der Waals surface area (Å²) >= 11 is 1.85. The van der Waals surface area contributed by atoms with Crippen molar-refractivity contribution in [3.8, 4) is 22.3 Å². The van der Waals surface area contributed by atoms with Crippen LogP contribution in [0.15, 0.2) is 222 Å². The Bertz CT molecular complexity index is 3110. The van der Waals surface area contributed by atoms with Crippen LogP contribution in [0.25, 0.3) is 22.3 Å². The quantitative estimate of drug-likeness (QED) is 0.166. The number of para-hydroxylation sites is 3. The van der Waals surface area contributed by atoms with Crippen molar-refractivity contribution in [1.29, 1.82) is 0 Å². The molecule has 0 bridgehead atoms. The highest BCUT2D eigenvalue weighted by Gasteiger charge is 2.51. The van der Waals surface area contributed by atoms with Crippen LogP contribution < -0.4 is 14.7 Å². The van der Waals surface area contributed by atoms with Crippen LogP contribution in [0.5, 0.6) is 0 Å². The third-order valence-electron chi connectivity index (χ3n) is 12.9. The Morgan fingerprint density at radius 3 is 1.52 bits per heavy atom. The maximum absolute atomic E-state index is 2.49. The summed E-state index contributed by atoms with van der Waals surface area (Å²) in [6.07, 6.45) is 0. The lowest BCUT2D eigenvalue weighted by Crippen LogP contribution is -2.26. The van der Waals surface area contributed by atoms with E-state index < -0.39 is 5.41 Å². The molecule has 290 valence electrons. The molecule has 1 aliphatic heterocycles. The minimum atomic E-state index is -0.432. The van der Waals surface area contributed by atoms with E-state index >= 15 is 0 Å². The molecule has 0 N–H and O–H groups in total. The molecular weight excluding hydrogens is 759 g/mol. The number of hydrogen-bond donors (Lipinski definition) is 0. The van der Waals surface area contributed by atoms with E-state index in [0.717, 1.165) is 34.1 Å². The molecule has 12 rings (SSSR count). The van der Waals surface area contributed by atoms with Crippen molar-refractivity contribution >= 4 is 57.3 Å². The summed E-state index contributed by atoms with van der Waals surface area (Å²) in [7, 11) is 2.15. The average Bonchev–Trinajstić information content (AvgIpc) is 3.78. The van der Waals surface area contributed by atoms with Gasteiger partial charge < -0.3 is 14.7 Å². The van der Waals surface area contributed by atoms with E-state index in [1.54, 1.807) is 0 Å². The van der Waals surface area contributed by atoms with Gasteiger partial charge in [0, 0.05) is 51.0 Å². The molecule has 1 spiro atoms. The zero-order chi connectivity index (χ0) is 40.7. The third kappa shape index (κ3) is 5.39. The number of nitrogens with zero attached hydrogens (tertiary/aromatic N) is 3. The van der Waals surface area contributed by atoms with E-state index in [2.05, 4.69) is 241 Å². The van der Waals surface area contributed by atoms with Gasteiger partial charge in [-0.1, -0.05) is 145 Å². The van der Waals surface area contributed by atoms with Gasteiger partial charge in [-0.05, 0) is 136 Å². The lowest BCUT2D eigenvalue weighted by molar-refractivity contribution is 0.792. The van der Waals surface area contributed by atoms with Crippen LogP contribution >= 0.6 is 11.8 Å². The van der Waals surface area contributed by atoms with Crippen molar-refractivity contribution in [2.24, 2.45) is 0 Å². The van der Waals surface area contributed by atoms with Crippen molar-refractivity contribution in [2.75, 3.05) is 21.7 Å². The summed E-state index contributed by atoms with van der Waals surface area (Å²) < 4.78 is 0. The first kappa shape index (κ1) is 35.7. The average molecular weight is 800 g/mol. The predicted octanol–water partition coefficient (Wildman–Crippen LogP) is 15.5. The summed E-state index contributed by atoms with van der Waals surface area (Å²) in [6, 6.07) is 78.4. The highest BCUT2D eigenvalue weighted by atomic mass is 32.2. The van der Waals surface area contributed by atoms with Gasteiger partial charge in [-0.15, -0.1) is 0 Å². The highest BCUT2D eigenvalue weighted by Crippen LogP contribution is 2.63.